The lowest BCUT2D eigenvalue weighted by Crippen LogP contribution is -2.03. The zero-order valence-corrected chi connectivity index (χ0v) is 16.7. The highest BCUT2D eigenvalue weighted by Gasteiger charge is 2.15. The Bertz CT molecular complexity index is 1140. The molecule has 0 amide bonds. The Kier molecular flexibility index (Phi) is 5.60. The van der Waals surface area contributed by atoms with Gasteiger partial charge in [-0.15, -0.1) is 0 Å². The molecule has 0 unspecified atom stereocenters. The number of hydrogen-bond donors (Lipinski definition) is 1. The van der Waals surface area contributed by atoms with E-state index in [0.29, 0.717) is 16.3 Å². The molecule has 0 aliphatic carbocycles. The van der Waals surface area contributed by atoms with Crippen molar-refractivity contribution in [1.82, 2.24) is 4.57 Å². The van der Waals surface area contributed by atoms with Gasteiger partial charge < -0.3 is 9.67 Å². The molecule has 0 fully saturated rings. The summed E-state index contributed by atoms with van der Waals surface area (Å²) in [5, 5.41) is 19.7. The third-order valence-corrected chi connectivity index (χ3v) is 5.07. The summed E-state index contributed by atoms with van der Waals surface area (Å²) in [6, 6.07) is 16.2. The predicted octanol–water partition coefficient (Wildman–Crippen LogP) is 6.16. The molecule has 2 aromatic carbocycles. The molecule has 1 N–H and O–H groups in total. The molecule has 4 nitrogen and oxygen atoms in total. The number of carboxylic acid groups (broad SMARTS) is 1. The monoisotopic (exact) mass is 410 g/mol. The minimum absolute atomic E-state index is 0.0441. The number of hydrogen-bond acceptors (Lipinski definition) is 2. The fourth-order valence-electron chi connectivity index (χ4n) is 3.11. The summed E-state index contributed by atoms with van der Waals surface area (Å²) in [4.78, 5) is 11.4. The van der Waals surface area contributed by atoms with Crippen LogP contribution in [0.25, 0.3) is 17.3 Å². The van der Waals surface area contributed by atoms with Crippen molar-refractivity contribution in [3.8, 4) is 11.8 Å². The van der Waals surface area contributed by atoms with E-state index in [2.05, 4.69) is 6.07 Å². The van der Waals surface area contributed by atoms with Crippen LogP contribution in [-0.4, -0.2) is 15.6 Å². The van der Waals surface area contributed by atoms with Gasteiger partial charge >= 0.3 is 5.97 Å². The summed E-state index contributed by atoms with van der Waals surface area (Å²) in [5.74, 6) is -1.08. The minimum atomic E-state index is -1.08. The summed E-state index contributed by atoms with van der Waals surface area (Å²) in [6.45, 7) is 3.85. The number of aromatic carboxylic acids is 1. The van der Waals surface area contributed by atoms with Crippen molar-refractivity contribution < 1.29 is 9.90 Å². The highest BCUT2D eigenvalue weighted by Crippen LogP contribution is 2.28. The summed E-state index contributed by atoms with van der Waals surface area (Å²) < 4.78 is 1.94. The molecular formula is C22H16Cl2N2O2. The van der Waals surface area contributed by atoms with E-state index >= 15 is 0 Å². The molecule has 0 saturated carbocycles. The van der Waals surface area contributed by atoms with Crippen molar-refractivity contribution in [3.63, 3.8) is 0 Å². The molecule has 1 heterocycles. The van der Waals surface area contributed by atoms with Crippen LogP contribution in [0.3, 0.4) is 0 Å². The number of benzene rings is 2. The second kappa shape index (κ2) is 7.93. The number of halogens is 2. The Balaban J connectivity index is 2.10. The molecule has 0 radical (unpaired) electrons. The van der Waals surface area contributed by atoms with Gasteiger partial charge in [0.1, 0.15) is 0 Å². The first-order valence-electron chi connectivity index (χ1n) is 8.41. The lowest BCUT2D eigenvalue weighted by molar-refractivity contribution is 0.0697. The van der Waals surface area contributed by atoms with Crippen LogP contribution in [0.15, 0.2) is 48.5 Å². The fourth-order valence-corrected chi connectivity index (χ4v) is 3.44. The molecule has 0 aliphatic heterocycles. The van der Waals surface area contributed by atoms with Gasteiger partial charge in [0.05, 0.1) is 22.2 Å². The van der Waals surface area contributed by atoms with E-state index in [4.69, 9.17) is 23.2 Å². The van der Waals surface area contributed by atoms with Gasteiger partial charge in [-0.25, -0.2) is 4.79 Å². The molecule has 1 aromatic heterocycles. The third-order valence-electron chi connectivity index (χ3n) is 4.48. The SMILES string of the molecule is Cc1cc(/C=C(/C#N)c2ccc(Cl)cc2)c(C)n1-c1ccc(Cl)c(C(=O)O)c1. The molecule has 140 valence electrons. The van der Waals surface area contributed by atoms with Crippen LogP contribution in [0.2, 0.25) is 10.0 Å². The predicted molar refractivity (Wildman–Crippen MR) is 112 cm³/mol. The highest BCUT2D eigenvalue weighted by molar-refractivity contribution is 6.33. The molecular weight excluding hydrogens is 395 g/mol. The van der Waals surface area contributed by atoms with Crippen LogP contribution in [0.5, 0.6) is 0 Å². The van der Waals surface area contributed by atoms with E-state index < -0.39 is 5.97 Å². The van der Waals surface area contributed by atoms with Gasteiger partial charge in [0.15, 0.2) is 0 Å². The summed E-state index contributed by atoms with van der Waals surface area (Å²) >= 11 is 11.9. The second-order valence-corrected chi connectivity index (χ2v) is 7.15. The summed E-state index contributed by atoms with van der Waals surface area (Å²) in [7, 11) is 0. The van der Waals surface area contributed by atoms with Crippen LogP contribution in [0.4, 0.5) is 0 Å². The molecule has 0 aliphatic rings. The van der Waals surface area contributed by atoms with Crippen molar-refractivity contribution in [2.24, 2.45) is 0 Å². The molecule has 3 rings (SSSR count). The lowest BCUT2D eigenvalue weighted by Gasteiger charge is -2.11. The molecule has 0 atom stereocenters. The third kappa shape index (κ3) is 3.82. The number of nitriles is 1. The Hall–Kier alpha value is -3.00. The van der Waals surface area contributed by atoms with Crippen molar-refractivity contribution >= 4 is 40.8 Å². The maximum atomic E-state index is 11.4. The summed E-state index contributed by atoms with van der Waals surface area (Å²) in [5.41, 5.74) is 4.70. The van der Waals surface area contributed by atoms with E-state index in [9.17, 15) is 15.2 Å². The quantitative estimate of drug-likeness (QED) is 0.523. The Labute approximate surface area is 172 Å². The zero-order valence-electron chi connectivity index (χ0n) is 15.2. The molecule has 0 spiro atoms. The number of carboxylic acids is 1. The second-order valence-electron chi connectivity index (χ2n) is 6.31. The zero-order chi connectivity index (χ0) is 20.4. The van der Waals surface area contributed by atoms with Crippen molar-refractivity contribution in [2.75, 3.05) is 0 Å². The standard InChI is InChI=1S/C22H16Cl2N2O2/c1-13-9-16(10-17(12-25)15-3-5-18(23)6-4-15)14(2)26(13)19-7-8-21(24)20(11-19)22(27)28/h3-11H,1-2H3,(H,27,28)/b17-10-. The maximum Gasteiger partial charge on any atom is 0.337 e. The lowest BCUT2D eigenvalue weighted by atomic mass is 10.0. The molecule has 6 heteroatoms. The smallest absolute Gasteiger partial charge is 0.337 e. The van der Waals surface area contributed by atoms with Gasteiger partial charge in [0, 0.05) is 22.1 Å². The van der Waals surface area contributed by atoms with Crippen LogP contribution in [0.1, 0.15) is 32.9 Å². The Morgan fingerprint density at radius 1 is 1.11 bits per heavy atom. The normalized spacial score (nSPS) is 11.3. The number of rotatable bonds is 4. The largest absolute Gasteiger partial charge is 0.478 e. The topological polar surface area (TPSA) is 66.0 Å². The molecule has 0 bridgehead atoms. The van der Waals surface area contributed by atoms with Crippen LogP contribution in [-0.2, 0) is 0 Å². The number of allylic oxidation sites excluding steroid dienone is 1. The van der Waals surface area contributed by atoms with Gasteiger partial charge in [-0.05, 0) is 67.4 Å². The maximum absolute atomic E-state index is 11.4. The summed E-state index contributed by atoms with van der Waals surface area (Å²) in [6.07, 6.45) is 1.82. The van der Waals surface area contributed by atoms with Crippen molar-refractivity contribution in [3.05, 3.63) is 86.7 Å². The van der Waals surface area contributed by atoms with Gasteiger partial charge in [-0.1, -0.05) is 35.3 Å². The van der Waals surface area contributed by atoms with E-state index in [1.165, 1.54) is 0 Å². The van der Waals surface area contributed by atoms with E-state index in [-0.39, 0.29) is 10.6 Å². The molecule has 3 aromatic rings. The average molecular weight is 411 g/mol. The minimum Gasteiger partial charge on any atom is -0.478 e. The van der Waals surface area contributed by atoms with Crippen LogP contribution in [0, 0.1) is 25.2 Å². The number of aromatic nitrogens is 1. The van der Waals surface area contributed by atoms with Gasteiger partial charge in [0.2, 0.25) is 0 Å². The first-order valence-corrected chi connectivity index (χ1v) is 9.17. The van der Waals surface area contributed by atoms with Crippen molar-refractivity contribution in [2.45, 2.75) is 13.8 Å². The van der Waals surface area contributed by atoms with Crippen molar-refractivity contribution in [1.29, 1.82) is 5.26 Å². The molecule has 0 saturated heterocycles. The average Bonchev–Trinajstić information content (AvgIpc) is 2.94. The van der Waals surface area contributed by atoms with E-state index in [1.807, 2.05) is 30.6 Å². The van der Waals surface area contributed by atoms with Gasteiger partial charge in [-0.2, -0.15) is 5.26 Å². The van der Waals surface area contributed by atoms with E-state index in [0.717, 1.165) is 22.5 Å². The first kappa shape index (κ1) is 19.8. The van der Waals surface area contributed by atoms with Gasteiger partial charge in [0.25, 0.3) is 0 Å². The van der Waals surface area contributed by atoms with Gasteiger partial charge in [-0.3, -0.25) is 0 Å². The molecule has 28 heavy (non-hydrogen) atoms. The number of aryl methyl sites for hydroxylation is 1. The number of carbonyl (C=O) groups is 1. The highest BCUT2D eigenvalue weighted by atomic mass is 35.5. The van der Waals surface area contributed by atoms with Crippen LogP contribution < -0.4 is 0 Å². The Morgan fingerprint density at radius 2 is 1.79 bits per heavy atom. The number of nitrogens with zero attached hydrogens (tertiary/aromatic N) is 2. The fraction of sp³-hybridized carbons (Fsp3) is 0.0909. The first-order chi connectivity index (χ1) is 13.3. The Morgan fingerprint density at radius 3 is 2.39 bits per heavy atom. The van der Waals surface area contributed by atoms with Crippen LogP contribution >= 0.6 is 23.2 Å². The van der Waals surface area contributed by atoms with E-state index in [1.54, 1.807) is 42.5 Å².